The van der Waals surface area contributed by atoms with E-state index in [0.717, 1.165) is 66.5 Å². The van der Waals surface area contributed by atoms with Gasteiger partial charge in [0.15, 0.2) is 0 Å². The SMILES string of the molecule is Cc1cccc(C)c1-n1c2ccccc2c2cc(-n3c4ccccc4c4ccccc43)cc(-c3cc(C#N)ccc3C#N)c21. The van der Waals surface area contributed by atoms with Crippen molar-refractivity contribution >= 4 is 43.6 Å². The maximum atomic E-state index is 10.3. The molecule has 2 heterocycles. The summed E-state index contributed by atoms with van der Waals surface area (Å²) in [6.07, 6.45) is 0. The lowest BCUT2D eigenvalue weighted by Gasteiger charge is -2.18. The summed E-state index contributed by atoms with van der Waals surface area (Å²) in [5, 5.41) is 24.8. The van der Waals surface area contributed by atoms with Crippen LogP contribution in [0.3, 0.4) is 0 Å². The second kappa shape index (κ2) is 9.73. The molecule has 0 N–H and O–H groups in total. The molecule has 6 aromatic carbocycles. The molecule has 0 radical (unpaired) electrons. The number of fused-ring (bicyclic) bond motifs is 6. The fraction of sp³-hybridized carbons (Fsp3) is 0.0500. The third-order valence-electron chi connectivity index (χ3n) is 8.81. The fourth-order valence-corrected chi connectivity index (χ4v) is 6.94. The molecule has 0 atom stereocenters. The van der Waals surface area contributed by atoms with Gasteiger partial charge in [-0.25, -0.2) is 0 Å². The minimum absolute atomic E-state index is 0.518. The van der Waals surface area contributed by atoms with Gasteiger partial charge in [0.2, 0.25) is 0 Å². The number of aromatic nitrogens is 2. The van der Waals surface area contributed by atoms with Crippen LogP contribution >= 0.6 is 0 Å². The van der Waals surface area contributed by atoms with Gasteiger partial charge in [0.25, 0.3) is 0 Å². The van der Waals surface area contributed by atoms with Gasteiger partial charge in [-0.15, -0.1) is 0 Å². The third kappa shape index (κ3) is 3.62. The van der Waals surface area contributed by atoms with Crippen LogP contribution < -0.4 is 0 Å². The first-order valence-corrected chi connectivity index (χ1v) is 14.7. The van der Waals surface area contributed by atoms with Crippen LogP contribution in [0.15, 0.2) is 121 Å². The summed E-state index contributed by atoms with van der Waals surface area (Å²) < 4.78 is 4.67. The second-order valence-corrected chi connectivity index (χ2v) is 11.3. The van der Waals surface area contributed by atoms with Crippen molar-refractivity contribution in [1.29, 1.82) is 10.5 Å². The summed E-state index contributed by atoms with van der Waals surface area (Å²) in [4.78, 5) is 0. The van der Waals surface area contributed by atoms with Gasteiger partial charge in [0.05, 0.1) is 51.0 Å². The molecule has 0 spiro atoms. The first-order valence-electron chi connectivity index (χ1n) is 14.7. The quantitative estimate of drug-likeness (QED) is 0.215. The molecule has 0 saturated carbocycles. The Bertz CT molecular complexity index is 2470. The lowest BCUT2D eigenvalue weighted by atomic mass is 9.95. The van der Waals surface area contributed by atoms with E-state index in [1.165, 1.54) is 10.8 Å². The predicted molar refractivity (Wildman–Crippen MR) is 179 cm³/mol. The molecule has 4 nitrogen and oxygen atoms in total. The molecule has 0 saturated heterocycles. The summed E-state index contributed by atoms with van der Waals surface area (Å²) in [5.41, 5.74) is 11.5. The summed E-state index contributed by atoms with van der Waals surface area (Å²) in [5.74, 6) is 0. The fourth-order valence-electron chi connectivity index (χ4n) is 6.94. The van der Waals surface area contributed by atoms with Gasteiger partial charge < -0.3 is 9.13 Å². The van der Waals surface area contributed by atoms with E-state index in [0.29, 0.717) is 11.1 Å². The number of aryl methyl sites for hydroxylation is 2. The molecular formula is C40H26N4. The van der Waals surface area contributed by atoms with E-state index >= 15 is 0 Å². The van der Waals surface area contributed by atoms with Crippen molar-refractivity contribution in [2.24, 2.45) is 0 Å². The van der Waals surface area contributed by atoms with Crippen molar-refractivity contribution in [2.45, 2.75) is 13.8 Å². The lowest BCUT2D eigenvalue weighted by molar-refractivity contribution is 1.12. The van der Waals surface area contributed by atoms with Gasteiger partial charge in [-0.2, -0.15) is 10.5 Å². The highest BCUT2D eigenvalue weighted by Crippen LogP contribution is 2.43. The Morgan fingerprint density at radius 1 is 0.500 bits per heavy atom. The zero-order chi connectivity index (χ0) is 29.9. The first-order chi connectivity index (χ1) is 21.6. The maximum Gasteiger partial charge on any atom is 0.0998 e. The molecule has 0 aliphatic rings. The van der Waals surface area contributed by atoms with Gasteiger partial charge in [-0.1, -0.05) is 72.8 Å². The smallest absolute Gasteiger partial charge is 0.0998 e. The van der Waals surface area contributed by atoms with E-state index in [-0.39, 0.29) is 0 Å². The average Bonchev–Trinajstić information content (AvgIpc) is 3.57. The number of benzene rings is 6. The lowest BCUT2D eigenvalue weighted by Crippen LogP contribution is -2.02. The summed E-state index contributed by atoms with van der Waals surface area (Å²) in [7, 11) is 0. The van der Waals surface area contributed by atoms with Crippen LogP contribution in [0.25, 0.3) is 66.1 Å². The Morgan fingerprint density at radius 2 is 1.07 bits per heavy atom. The van der Waals surface area contributed by atoms with Gasteiger partial charge >= 0.3 is 0 Å². The summed E-state index contributed by atoms with van der Waals surface area (Å²) in [6, 6.07) is 46.4. The molecule has 44 heavy (non-hydrogen) atoms. The number of para-hydroxylation sites is 4. The van der Waals surface area contributed by atoms with E-state index in [2.05, 4.69) is 138 Å². The van der Waals surface area contributed by atoms with Gasteiger partial charge in [-0.3, -0.25) is 0 Å². The maximum absolute atomic E-state index is 10.3. The Hall–Kier alpha value is -6.10. The zero-order valence-electron chi connectivity index (χ0n) is 24.3. The molecule has 0 aliphatic carbocycles. The summed E-state index contributed by atoms with van der Waals surface area (Å²) >= 11 is 0. The highest BCUT2D eigenvalue weighted by atomic mass is 15.0. The molecule has 0 bridgehead atoms. The second-order valence-electron chi connectivity index (χ2n) is 11.3. The van der Waals surface area contributed by atoms with E-state index in [1.807, 2.05) is 6.07 Å². The van der Waals surface area contributed by atoms with E-state index in [9.17, 15) is 10.5 Å². The van der Waals surface area contributed by atoms with Crippen LogP contribution in [0.5, 0.6) is 0 Å². The van der Waals surface area contributed by atoms with Crippen LogP contribution in [0.2, 0.25) is 0 Å². The molecule has 0 unspecified atom stereocenters. The number of nitriles is 2. The predicted octanol–water partition coefficient (Wildman–Crippen LogP) is 9.91. The molecule has 4 heteroatoms. The molecule has 0 fully saturated rings. The van der Waals surface area contributed by atoms with E-state index in [4.69, 9.17) is 0 Å². The summed E-state index contributed by atoms with van der Waals surface area (Å²) in [6.45, 7) is 4.29. The number of rotatable bonds is 3. The minimum Gasteiger partial charge on any atom is -0.309 e. The minimum atomic E-state index is 0.518. The Labute approximate surface area is 254 Å². The topological polar surface area (TPSA) is 57.4 Å². The zero-order valence-corrected chi connectivity index (χ0v) is 24.3. The van der Waals surface area contributed by atoms with Crippen molar-refractivity contribution in [3.63, 3.8) is 0 Å². The molecule has 0 amide bonds. The van der Waals surface area contributed by atoms with Crippen molar-refractivity contribution < 1.29 is 0 Å². The van der Waals surface area contributed by atoms with Gasteiger partial charge in [0.1, 0.15) is 0 Å². The van der Waals surface area contributed by atoms with Crippen LogP contribution in [0.4, 0.5) is 0 Å². The average molecular weight is 563 g/mol. The molecule has 2 aromatic heterocycles. The van der Waals surface area contributed by atoms with Crippen LogP contribution in [0.1, 0.15) is 22.3 Å². The Kier molecular flexibility index (Phi) is 5.66. The molecule has 8 rings (SSSR count). The normalized spacial score (nSPS) is 11.4. The Morgan fingerprint density at radius 3 is 1.66 bits per heavy atom. The van der Waals surface area contributed by atoms with E-state index < -0.39 is 0 Å². The van der Waals surface area contributed by atoms with Crippen molar-refractivity contribution in [1.82, 2.24) is 9.13 Å². The third-order valence-corrected chi connectivity index (χ3v) is 8.81. The number of hydrogen-bond acceptors (Lipinski definition) is 2. The molecule has 206 valence electrons. The van der Waals surface area contributed by atoms with Crippen molar-refractivity contribution in [3.8, 4) is 34.6 Å². The standard InChI is InChI=1S/C40H26N4/c1-25-10-9-11-26(2)39(25)44-38-17-8-5-14-32(38)34-21-29(22-35(40(34)44)33-20-27(23-41)18-19-28(33)24-42)43-36-15-6-3-12-30(36)31-13-4-7-16-37(31)43/h3-22H,1-2H3. The van der Waals surface area contributed by atoms with Crippen LogP contribution in [-0.2, 0) is 0 Å². The van der Waals surface area contributed by atoms with Crippen molar-refractivity contribution in [3.05, 3.63) is 144 Å². The molecule has 8 aromatic rings. The van der Waals surface area contributed by atoms with Crippen molar-refractivity contribution in [2.75, 3.05) is 0 Å². The number of nitrogens with zero attached hydrogens (tertiary/aromatic N) is 4. The van der Waals surface area contributed by atoms with Crippen LogP contribution in [0, 0.1) is 36.5 Å². The number of hydrogen-bond donors (Lipinski definition) is 0. The van der Waals surface area contributed by atoms with Crippen LogP contribution in [-0.4, -0.2) is 9.13 Å². The highest BCUT2D eigenvalue weighted by Gasteiger charge is 2.23. The monoisotopic (exact) mass is 562 g/mol. The highest BCUT2D eigenvalue weighted by molar-refractivity contribution is 6.16. The molecule has 0 aliphatic heterocycles. The van der Waals surface area contributed by atoms with Gasteiger partial charge in [-0.05, 0) is 73.5 Å². The largest absolute Gasteiger partial charge is 0.309 e. The van der Waals surface area contributed by atoms with Gasteiger partial charge in [0, 0.05) is 38.4 Å². The Balaban J connectivity index is 1.62. The van der Waals surface area contributed by atoms with E-state index in [1.54, 1.807) is 12.1 Å². The molecular weight excluding hydrogens is 536 g/mol. The first kappa shape index (κ1) is 25.6.